The molecule has 1 aliphatic rings. The van der Waals surface area contributed by atoms with Crippen LogP contribution in [0.5, 0.6) is 5.75 Å². The number of aromatic nitrogens is 3. The van der Waals surface area contributed by atoms with Gasteiger partial charge in [-0.15, -0.1) is 12.4 Å². The number of hydrogen-bond acceptors (Lipinski definition) is 4. The van der Waals surface area contributed by atoms with Crippen LogP contribution in [0.15, 0.2) is 65.7 Å². The molecule has 5 rings (SSSR count). The molecule has 1 fully saturated rings. The van der Waals surface area contributed by atoms with Crippen molar-refractivity contribution in [1.82, 2.24) is 19.2 Å². The summed E-state index contributed by atoms with van der Waals surface area (Å²) in [4.78, 5) is 15.4. The van der Waals surface area contributed by atoms with E-state index in [1.165, 1.54) is 25.9 Å². The van der Waals surface area contributed by atoms with Gasteiger partial charge in [0.25, 0.3) is 5.56 Å². The van der Waals surface area contributed by atoms with E-state index in [1.807, 2.05) is 42.6 Å². The van der Waals surface area contributed by atoms with Crippen molar-refractivity contribution in [2.45, 2.75) is 19.4 Å². The smallest absolute Gasteiger partial charge is 0.255 e. The Morgan fingerprint density at radius 3 is 2.58 bits per heavy atom. The van der Waals surface area contributed by atoms with E-state index in [9.17, 15) is 4.79 Å². The highest BCUT2D eigenvalue weighted by Gasteiger charge is 2.13. The summed E-state index contributed by atoms with van der Waals surface area (Å²) in [7, 11) is 1.60. The molecule has 2 aromatic carbocycles. The lowest BCUT2D eigenvalue weighted by Gasteiger charge is -2.14. The maximum Gasteiger partial charge on any atom is 0.255 e. The van der Waals surface area contributed by atoms with Gasteiger partial charge in [0.05, 0.1) is 30.4 Å². The highest BCUT2D eigenvalue weighted by molar-refractivity contribution is 6.33. The van der Waals surface area contributed by atoms with E-state index in [4.69, 9.17) is 16.3 Å². The SMILES string of the molecule is COc1ccc(-c2ccn(-c3ccc4c(cnn4CCN4CCCC4)c3)c(=O)c2)c(Cl)c1.Cl. The van der Waals surface area contributed by atoms with E-state index in [0.717, 1.165) is 40.8 Å². The topological polar surface area (TPSA) is 52.3 Å². The maximum atomic E-state index is 12.9. The van der Waals surface area contributed by atoms with Gasteiger partial charge in [-0.3, -0.25) is 14.0 Å². The number of halogens is 2. The molecule has 172 valence electrons. The highest BCUT2D eigenvalue weighted by atomic mass is 35.5. The van der Waals surface area contributed by atoms with E-state index in [2.05, 4.69) is 14.7 Å². The number of fused-ring (bicyclic) bond motifs is 1. The van der Waals surface area contributed by atoms with Gasteiger partial charge in [0, 0.05) is 35.4 Å². The molecule has 3 heterocycles. The summed E-state index contributed by atoms with van der Waals surface area (Å²) >= 11 is 6.39. The van der Waals surface area contributed by atoms with E-state index >= 15 is 0 Å². The second kappa shape index (κ2) is 10.00. The molecule has 0 bridgehead atoms. The number of pyridine rings is 1. The van der Waals surface area contributed by atoms with Crippen molar-refractivity contribution in [2.75, 3.05) is 26.7 Å². The zero-order chi connectivity index (χ0) is 22.1. The second-order valence-corrected chi connectivity index (χ2v) is 8.54. The van der Waals surface area contributed by atoms with Crippen LogP contribution >= 0.6 is 24.0 Å². The zero-order valence-corrected chi connectivity index (χ0v) is 20.0. The van der Waals surface area contributed by atoms with Crippen molar-refractivity contribution < 1.29 is 4.74 Å². The van der Waals surface area contributed by atoms with Crippen LogP contribution in [-0.4, -0.2) is 46.0 Å². The molecule has 4 aromatic rings. The number of rotatable bonds is 6. The lowest BCUT2D eigenvalue weighted by Crippen LogP contribution is -2.24. The van der Waals surface area contributed by atoms with Gasteiger partial charge in [-0.05, 0) is 74.0 Å². The first kappa shape index (κ1) is 23.4. The largest absolute Gasteiger partial charge is 0.497 e. The van der Waals surface area contributed by atoms with Crippen LogP contribution in [0.25, 0.3) is 27.7 Å². The van der Waals surface area contributed by atoms with Gasteiger partial charge in [0.1, 0.15) is 5.75 Å². The monoisotopic (exact) mass is 484 g/mol. The Balaban J connectivity index is 0.00000259. The van der Waals surface area contributed by atoms with E-state index in [1.54, 1.807) is 30.0 Å². The molecule has 0 radical (unpaired) electrons. The Labute approximate surface area is 203 Å². The quantitative estimate of drug-likeness (QED) is 0.384. The molecule has 33 heavy (non-hydrogen) atoms. The molecular weight excluding hydrogens is 459 g/mol. The molecule has 8 heteroatoms. The van der Waals surface area contributed by atoms with Crippen LogP contribution in [0.1, 0.15) is 12.8 Å². The van der Waals surface area contributed by atoms with Gasteiger partial charge in [-0.2, -0.15) is 5.10 Å². The van der Waals surface area contributed by atoms with E-state index in [-0.39, 0.29) is 18.0 Å². The molecule has 0 aliphatic carbocycles. The summed E-state index contributed by atoms with van der Waals surface area (Å²) in [5.41, 5.74) is 3.35. The summed E-state index contributed by atoms with van der Waals surface area (Å²) in [5.74, 6) is 0.682. The summed E-state index contributed by atoms with van der Waals surface area (Å²) in [5, 5.41) is 6.14. The molecule has 2 aromatic heterocycles. The van der Waals surface area contributed by atoms with Crippen molar-refractivity contribution >= 4 is 34.9 Å². The fourth-order valence-electron chi connectivity index (χ4n) is 4.36. The number of ether oxygens (including phenoxy) is 1. The molecule has 0 atom stereocenters. The van der Waals surface area contributed by atoms with Gasteiger partial charge in [0.15, 0.2) is 0 Å². The normalized spacial score (nSPS) is 13.9. The van der Waals surface area contributed by atoms with E-state index < -0.39 is 0 Å². The van der Waals surface area contributed by atoms with Crippen LogP contribution in [-0.2, 0) is 6.54 Å². The van der Waals surface area contributed by atoms with Crippen molar-refractivity contribution in [3.05, 3.63) is 76.3 Å². The van der Waals surface area contributed by atoms with Crippen LogP contribution in [0.4, 0.5) is 0 Å². The third kappa shape index (κ3) is 4.78. The van der Waals surface area contributed by atoms with Crippen molar-refractivity contribution in [2.24, 2.45) is 0 Å². The van der Waals surface area contributed by atoms with Crippen molar-refractivity contribution in [3.63, 3.8) is 0 Å². The van der Waals surface area contributed by atoms with Crippen LogP contribution in [0.2, 0.25) is 5.02 Å². The minimum Gasteiger partial charge on any atom is -0.497 e. The molecule has 1 saturated heterocycles. The second-order valence-electron chi connectivity index (χ2n) is 8.13. The lowest BCUT2D eigenvalue weighted by atomic mass is 10.1. The summed E-state index contributed by atoms with van der Waals surface area (Å²) in [6.45, 7) is 4.27. The van der Waals surface area contributed by atoms with Gasteiger partial charge in [0.2, 0.25) is 0 Å². The van der Waals surface area contributed by atoms with Crippen molar-refractivity contribution in [1.29, 1.82) is 0 Å². The fourth-order valence-corrected chi connectivity index (χ4v) is 4.64. The molecule has 0 amide bonds. The molecular formula is C25H26Cl2N4O2. The average Bonchev–Trinajstić information content (AvgIpc) is 3.47. The van der Waals surface area contributed by atoms with Gasteiger partial charge in [-0.1, -0.05) is 11.6 Å². The predicted octanol–water partition coefficient (Wildman–Crippen LogP) is 5.03. The summed E-state index contributed by atoms with van der Waals surface area (Å²) in [6.07, 6.45) is 6.25. The predicted molar refractivity (Wildman–Crippen MR) is 135 cm³/mol. The zero-order valence-electron chi connectivity index (χ0n) is 18.4. The Hall–Kier alpha value is -2.80. The number of nitrogens with zero attached hydrogens (tertiary/aromatic N) is 4. The Morgan fingerprint density at radius 2 is 1.85 bits per heavy atom. The Kier molecular flexibility index (Phi) is 7.08. The Bertz CT molecular complexity index is 1330. The lowest BCUT2D eigenvalue weighted by molar-refractivity contribution is 0.318. The molecule has 0 spiro atoms. The van der Waals surface area contributed by atoms with Gasteiger partial charge in [-0.25, -0.2) is 0 Å². The summed E-state index contributed by atoms with van der Waals surface area (Å²) < 4.78 is 8.90. The van der Waals surface area contributed by atoms with Crippen molar-refractivity contribution in [3.8, 4) is 22.6 Å². The minimum atomic E-state index is -0.116. The minimum absolute atomic E-state index is 0. The molecule has 0 saturated carbocycles. The molecule has 0 N–H and O–H groups in total. The number of methoxy groups -OCH3 is 1. The number of benzene rings is 2. The fraction of sp³-hybridized carbons (Fsp3) is 0.280. The summed E-state index contributed by atoms with van der Waals surface area (Å²) in [6, 6.07) is 15.0. The van der Waals surface area contributed by atoms with Crippen LogP contribution in [0, 0.1) is 0 Å². The Morgan fingerprint density at radius 1 is 1.03 bits per heavy atom. The maximum absolute atomic E-state index is 12.9. The molecule has 6 nitrogen and oxygen atoms in total. The molecule has 0 unspecified atom stereocenters. The first-order valence-corrected chi connectivity index (χ1v) is 11.2. The average molecular weight is 485 g/mol. The first-order valence-electron chi connectivity index (χ1n) is 10.9. The number of likely N-dealkylation sites (tertiary alicyclic amines) is 1. The van der Waals surface area contributed by atoms with Crippen LogP contribution in [0.3, 0.4) is 0 Å². The van der Waals surface area contributed by atoms with Crippen LogP contribution < -0.4 is 10.3 Å². The number of hydrogen-bond donors (Lipinski definition) is 0. The highest BCUT2D eigenvalue weighted by Crippen LogP contribution is 2.30. The van der Waals surface area contributed by atoms with Gasteiger partial charge >= 0.3 is 0 Å². The molecule has 1 aliphatic heterocycles. The third-order valence-corrected chi connectivity index (χ3v) is 6.45. The van der Waals surface area contributed by atoms with E-state index in [0.29, 0.717) is 10.8 Å². The standard InChI is InChI=1S/C25H25ClN4O2.ClH/c1-32-21-5-6-22(23(26)16-21)18-8-11-29(25(31)15-18)20-4-7-24-19(14-20)17-27-30(24)13-12-28-9-2-3-10-28;/h4-8,11,14-17H,2-3,9-10,12-13H2,1H3;1H. The van der Waals surface area contributed by atoms with Gasteiger partial charge < -0.3 is 9.64 Å². The third-order valence-electron chi connectivity index (χ3n) is 6.14. The first-order chi connectivity index (χ1) is 15.6.